The van der Waals surface area contributed by atoms with E-state index in [2.05, 4.69) is 71.4 Å². The Morgan fingerprint density at radius 2 is 2.00 bits per heavy atom. The predicted molar refractivity (Wildman–Crippen MR) is 117 cm³/mol. The third kappa shape index (κ3) is 4.03. The fraction of sp³-hybridized carbons (Fsp3) is 0.435. The van der Waals surface area contributed by atoms with Gasteiger partial charge in [-0.15, -0.1) is 5.10 Å². The number of anilines is 1. The highest BCUT2D eigenvalue weighted by Gasteiger charge is 2.22. The minimum absolute atomic E-state index is 0.108. The Kier molecular flexibility index (Phi) is 5.37. The van der Waals surface area contributed by atoms with Gasteiger partial charge < -0.3 is 15.0 Å². The van der Waals surface area contributed by atoms with E-state index in [1.54, 1.807) is 0 Å². The molecule has 29 heavy (non-hydrogen) atoms. The quantitative estimate of drug-likeness (QED) is 0.703. The minimum Gasteiger partial charge on any atom is -0.473 e. The molecule has 1 aliphatic heterocycles. The summed E-state index contributed by atoms with van der Waals surface area (Å²) in [4.78, 5) is 6.80. The number of nitrogens with one attached hydrogen (secondary N) is 1. The Morgan fingerprint density at radius 1 is 1.17 bits per heavy atom. The van der Waals surface area contributed by atoms with E-state index in [4.69, 9.17) is 4.74 Å². The molecule has 0 saturated carbocycles. The van der Waals surface area contributed by atoms with Gasteiger partial charge in [0, 0.05) is 36.1 Å². The second-order valence-corrected chi connectivity index (χ2v) is 8.15. The summed E-state index contributed by atoms with van der Waals surface area (Å²) in [5.74, 6) is 1.41. The van der Waals surface area contributed by atoms with E-state index >= 15 is 0 Å². The van der Waals surface area contributed by atoms with E-state index in [-0.39, 0.29) is 12.1 Å². The molecular weight excluding hydrogens is 362 g/mol. The summed E-state index contributed by atoms with van der Waals surface area (Å²) in [6, 6.07) is 8.51. The van der Waals surface area contributed by atoms with Gasteiger partial charge in [0.05, 0.1) is 11.7 Å². The van der Waals surface area contributed by atoms with Crippen molar-refractivity contribution < 1.29 is 4.74 Å². The summed E-state index contributed by atoms with van der Waals surface area (Å²) in [6.45, 7) is 10.4. The van der Waals surface area contributed by atoms with E-state index < -0.39 is 0 Å². The number of likely N-dealkylation sites (N-methyl/N-ethyl adjacent to an activating group) is 1. The summed E-state index contributed by atoms with van der Waals surface area (Å²) in [6.07, 6.45) is 3.06. The molecule has 0 aliphatic carbocycles. The van der Waals surface area contributed by atoms with Crippen LogP contribution in [0.3, 0.4) is 0 Å². The zero-order valence-electron chi connectivity index (χ0n) is 17.9. The van der Waals surface area contributed by atoms with Crippen molar-refractivity contribution in [2.45, 2.75) is 46.3 Å². The number of ether oxygens (including phenoxy) is 1. The highest BCUT2D eigenvalue weighted by Crippen LogP contribution is 2.30. The number of nitrogens with zero attached hydrogens (tertiary/aromatic N) is 4. The first-order chi connectivity index (χ1) is 13.9. The minimum atomic E-state index is 0.108. The van der Waals surface area contributed by atoms with Crippen LogP contribution < -0.4 is 10.1 Å². The molecule has 0 unspecified atom stereocenters. The SMILES string of the molecule is Cc1cccc([C@@H](C)Nc2nnc(C)c3cnc(O[C@H]4CCN(C)C4)cc23)c1C. The molecule has 3 heterocycles. The molecule has 2 atom stereocenters. The average molecular weight is 392 g/mol. The fourth-order valence-corrected chi connectivity index (χ4v) is 4.01. The summed E-state index contributed by atoms with van der Waals surface area (Å²) in [5, 5.41) is 14.3. The van der Waals surface area contributed by atoms with Crippen molar-refractivity contribution >= 4 is 16.6 Å². The van der Waals surface area contributed by atoms with Crippen molar-refractivity contribution in [1.82, 2.24) is 20.1 Å². The largest absolute Gasteiger partial charge is 0.473 e. The van der Waals surface area contributed by atoms with Crippen LogP contribution in [0.25, 0.3) is 10.8 Å². The van der Waals surface area contributed by atoms with Crippen molar-refractivity contribution in [2.75, 3.05) is 25.5 Å². The molecule has 6 nitrogen and oxygen atoms in total. The van der Waals surface area contributed by atoms with Crippen molar-refractivity contribution in [2.24, 2.45) is 0 Å². The number of likely N-dealkylation sites (tertiary alicyclic amines) is 1. The predicted octanol–water partition coefficient (Wildman–Crippen LogP) is 4.21. The lowest BCUT2D eigenvalue weighted by atomic mass is 9.98. The van der Waals surface area contributed by atoms with Crippen LogP contribution in [0.1, 0.15) is 41.8 Å². The van der Waals surface area contributed by atoms with Crippen molar-refractivity contribution in [3.8, 4) is 5.88 Å². The zero-order valence-corrected chi connectivity index (χ0v) is 17.9. The van der Waals surface area contributed by atoms with Crippen LogP contribution >= 0.6 is 0 Å². The standard InChI is InChI=1S/C23H29N5O/c1-14-7-6-8-19(15(14)2)16(3)25-23-20-11-22(29-18-9-10-28(5)13-18)24-12-21(20)17(4)26-27-23/h6-8,11-12,16,18H,9-10,13H2,1-5H3,(H,25,27)/t16-,18+/m1/s1. The first kappa shape index (κ1) is 19.6. The van der Waals surface area contributed by atoms with E-state index in [0.717, 1.165) is 41.8 Å². The van der Waals surface area contributed by atoms with Crippen molar-refractivity contribution in [3.05, 3.63) is 52.8 Å². The molecule has 6 heteroatoms. The topological polar surface area (TPSA) is 63.2 Å². The number of hydrogen-bond acceptors (Lipinski definition) is 6. The molecule has 4 rings (SSSR count). The molecule has 0 bridgehead atoms. The Bertz CT molecular complexity index is 1040. The van der Waals surface area contributed by atoms with Crippen LogP contribution in [0, 0.1) is 20.8 Å². The fourth-order valence-electron chi connectivity index (χ4n) is 4.01. The second-order valence-electron chi connectivity index (χ2n) is 8.15. The van der Waals surface area contributed by atoms with Gasteiger partial charge in [-0.25, -0.2) is 4.98 Å². The van der Waals surface area contributed by atoms with Gasteiger partial charge in [0.25, 0.3) is 0 Å². The summed E-state index contributed by atoms with van der Waals surface area (Å²) in [7, 11) is 2.12. The van der Waals surface area contributed by atoms with Crippen molar-refractivity contribution in [1.29, 1.82) is 0 Å². The van der Waals surface area contributed by atoms with Gasteiger partial charge in [-0.05, 0) is 57.9 Å². The molecular formula is C23H29N5O. The number of aromatic nitrogens is 3. The molecule has 0 radical (unpaired) electrons. The zero-order chi connectivity index (χ0) is 20.5. The molecule has 0 spiro atoms. The molecule has 1 N–H and O–H groups in total. The highest BCUT2D eigenvalue weighted by molar-refractivity contribution is 5.93. The van der Waals surface area contributed by atoms with Crippen molar-refractivity contribution in [3.63, 3.8) is 0 Å². The maximum atomic E-state index is 6.14. The van der Waals surface area contributed by atoms with Crippen LogP contribution in [-0.4, -0.2) is 46.3 Å². The average Bonchev–Trinajstić information content (AvgIpc) is 3.11. The van der Waals surface area contributed by atoms with Gasteiger partial charge in [-0.2, -0.15) is 5.10 Å². The number of aryl methyl sites for hydroxylation is 2. The van der Waals surface area contributed by atoms with Crippen LogP contribution in [0.15, 0.2) is 30.5 Å². The molecule has 1 saturated heterocycles. The monoisotopic (exact) mass is 391 g/mol. The van der Waals surface area contributed by atoms with Gasteiger partial charge in [-0.1, -0.05) is 18.2 Å². The van der Waals surface area contributed by atoms with Gasteiger partial charge in [0.2, 0.25) is 5.88 Å². The lowest BCUT2D eigenvalue weighted by Crippen LogP contribution is -2.21. The van der Waals surface area contributed by atoms with Gasteiger partial charge in [0.15, 0.2) is 5.82 Å². The first-order valence-corrected chi connectivity index (χ1v) is 10.2. The number of fused-ring (bicyclic) bond motifs is 1. The highest BCUT2D eigenvalue weighted by atomic mass is 16.5. The smallest absolute Gasteiger partial charge is 0.214 e. The number of rotatable bonds is 5. The van der Waals surface area contributed by atoms with E-state index in [1.165, 1.54) is 16.7 Å². The lowest BCUT2D eigenvalue weighted by Gasteiger charge is -2.20. The molecule has 2 aromatic heterocycles. The van der Waals surface area contributed by atoms with Gasteiger partial charge >= 0.3 is 0 Å². The number of pyridine rings is 1. The maximum absolute atomic E-state index is 6.14. The van der Waals surface area contributed by atoms with Crippen LogP contribution in [-0.2, 0) is 0 Å². The Labute approximate surface area is 172 Å². The Morgan fingerprint density at radius 3 is 2.76 bits per heavy atom. The molecule has 1 aromatic carbocycles. The molecule has 1 fully saturated rings. The van der Waals surface area contributed by atoms with E-state index in [9.17, 15) is 0 Å². The number of hydrogen-bond donors (Lipinski definition) is 1. The van der Waals surface area contributed by atoms with Gasteiger partial charge in [-0.3, -0.25) is 0 Å². The van der Waals surface area contributed by atoms with Crippen LogP contribution in [0.5, 0.6) is 5.88 Å². The summed E-state index contributed by atoms with van der Waals surface area (Å²) < 4.78 is 6.14. The molecule has 0 amide bonds. The number of benzene rings is 1. The molecule has 3 aromatic rings. The van der Waals surface area contributed by atoms with E-state index in [0.29, 0.717) is 5.88 Å². The third-order valence-corrected chi connectivity index (χ3v) is 5.93. The normalized spacial score (nSPS) is 18.2. The Hall–Kier alpha value is -2.73. The summed E-state index contributed by atoms with van der Waals surface area (Å²) >= 11 is 0. The van der Waals surface area contributed by atoms with E-state index in [1.807, 2.05) is 19.2 Å². The second kappa shape index (κ2) is 7.95. The molecule has 152 valence electrons. The maximum Gasteiger partial charge on any atom is 0.214 e. The first-order valence-electron chi connectivity index (χ1n) is 10.2. The van der Waals surface area contributed by atoms with Crippen LogP contribution in [0.4, 0.5) is 5.82 Å². The summed E-state index contributed by atoms with van der Waals surface area (Å²) in [5.41, 5.74) is 4.72. The Balaban J connectivity index is 1.65. The lowest BCUT2D eigenvalue weighted by molar-refractivity contribution is 0.200. The third-order valence-electron chi connectivity index (χ3n) is 5.93. The van der Waals surface area contributed by atoms with Gasteiger partial charge in [0.1, 0.15) is 6.10 Å². The molecule has 1 aliphatic rings. The van der Waals surface area contributed by atoms with Crippen LogP contribution in [0.2, 0.25) is 0 Å².